The second kappa shape index (κ2) is 9.97. The van der Waals surface area contributed by atoms with Crippen molar-refractivity contribution in [1.82, 2.24) is 4.90 Å². The molecule has 4 nitrogen and oxygen atoms in total. The van der Waals surface area contributed by atoms with E-state index in [9.17, 15) is 21.6 Å². The molecule has 1 saturated heterocycles. The van der Waals surface area contributed by atoms with Gasteiger partial charge in [0.1, 0.15) is 4.90 Å². The van der Waals surface area contributed by atoms with Crippen molar-refractivity contribution < 1.29 is 21.6 Å². The average molecular weight is 530 g/mol. The molecule has 0 spiro atoms. The summed E-state index contributed by atoms with van der Waals surface area (Å²) in [5, 5.41) is -0.225. The van der Waals surface area contributed by atoms with Crippen molar-refractivity contribution in [3.8, 4) is 0 Å². The third-order valence-corrected chi connectivity index (χ3v) is 7.96. The fraction of sp³-hybridized carbons (Fsp3) is 0.429. The van der Waals surface area contributed by atoms with E-state index in [0.717, 1.165) is 38.1 Å². The molecule has 1 N–H and O–H groups in total. The molecule has 32 heavy (non-hydrogen) atoms. The average Bonchev–Trinajstić information content (AvgIpc) is 3.04. The molecule has 0 bridgehead atoms. The highest BCUT2D eigenvalue weighted by Crippen LogP contribution is 2.37. The monoisotopic (exact) mass is 528 g/mol. The van der Waals surface area contributed by atoms with E-state index < -0.39 is 26.7 Å². The quantitative estimate of drug-likeness (QED) is 0.432. The van der Waals surface area contributed by atoms with Gasteiger partial charge in [0.2, 0.25) is 0 Å². The summed E-state index contributed by atoms with van der Waals surface area (Å²) in [5.41, 5.74) is -0.736. The van der Waals surface area contributed by atoms with Gasteiger partial charge in [-0.05, 0) is 81.1 Å². The van der Waals surface area contributed by atoms with Crippen LogP contribution in [0, 0.1) is 5.92 Å². The predicted molar refractivity (Wildman–Crippen MR) is 122 cm³/mol. The first kappa shape index (κ1) is 25.4. The lowest BCUT2D eigenvalue weighted by Gasteiger charge is -2.17. The van der Waals surface area contributed by atoms with Crippen LogP contribution in [0.3, 0.4) is 0 Å². The Bertz CT molecular complexity index is 1070. The van der Waals surface area contributed by atoms with Crippen LogP contribution in [-0.4, -0.2) is 33.5 Å². The number of aryl methyl sites for hydroxylation is 1. The van der Waals surface area contributed by atoms with Crippen LogP contribution in [0.5, 0.6) is 0 Å². The van der Waals surface area contributed by atoms with Gasteiger partial charge in [0.25, 0.3) is 10.0 Å². The van der Waals surface area contributed by atoms with Gasteiger partial charge in [0, 0.05) is 17.3 Å². The Morgan fingerprint density at radius 1 is 1.12 bits per heavy atom. The molecule has 1 heterocycles. The van der Waals surface area contributed by atoms with Crippen LogP contribution in [0.25, 0.3) is 0 Å². The van der Waals surface area contributed by atoms with Crippen molar-refractivity contribution >= 4 is 50.5 Å². The topological polar surface area (TPSA) is 49.4 Å². The van der Waals surface area contributed by atoms with Crippen LogP contribution in [0.4, 0.5) is 18.9 Å². The predicted octanol–water partition coefficient (Wildman–Crippen LogP) is 6.74. The Hall–Kier alpha value is -1.19. The number of sulfonamides is 1. The van der Waals surface area contributed by atoms with Crippen LogP contribution >= 0.6 is 34.8 Å². The minimum absolute atomic E-state index is 0.00400. The number of anilines is 1. The molecule has 0 unspecified atom stereocenters. The largest absolute Gasteiger partial charge is 0.416 e. The van der Waals surface area contributed by atoms with E-state index in [0.29, 0.717) is 12.3 Å². The molecule has 11 heteroatoms. The zero-order valence-corrected chi connectivity index (χ0v) is 20.2. The third kappa shape index (κ3) is 6.23. The lowest BCUT2D eigenvalue weighted by Crippen LogP contribution is -2.16. The summed E-state index contributed by atoms with van der Waals surface area (Å²) in [6, 6.07) is 5.64. The first-order valence-electron chi connectivity index (χ1n) is 9.93. The van der Waals surface area contributed by atoms with Crippen LogP contribution in [0.2, 0.25) is 15.1 Å². The molecule has 2 aromatic carbocycles. The van der Waals surface area contributed by atoms with Crippen LogP contribution in [-0.2, 0) is 22.6 Å². The number of hydrogen-bond donors (Lipinski definition) is 1. The summed E-state index contributed by atoms with van der Waals surface area (Å²) in [6.45, 7) is 1.93. The molecule has 3 rings (SSSR count). The van der Waals surface area contributed by atoms with E-state index in [4.69, 9.17) is 34.8 Å². The number of alkyl halides is 3. The second-order valence-corrected chi connectivity index (χ2v) is 10.9. The smallest absolute Gasteiger partial charge is 0.306 e. The number of nitrogens with one attached hydrogen (secondary N) is 1. The molecular weight excluding hydrogens is 508 g/mol. The van der Waals surface area contributed by atoms with Crippen LogP contribution in [0.1, 0.15) is 30.4 Å². The number of nitrogens with zero attached hydrogens (tertiary/aromatic N) is 1. The Morgan fingerprint density at radius 2 is 1.78 bits per heavy atom. The highest BCUT2D eigenvalue weighted by molar-refractivity contribution is 7.93. The molecular formula is C21H22Cl3F3N2O2S. The van der Waals surface area contributed by atoms with E-state index in [1.165, 1.54) is 18.2 Å². The van der Waals surface area contributed by atoms with Gasteiger partial charge in [0.15, 0.2) is 0 Å². The number of rotatable bonds is 7. The van der Waals surface area contributed by atoms with Crippen molar-refractivity contribution in [2.75, 3.05) is 24.9 Å². The molecule has 1 aliphatic heterocycles. The van der Waals surface area contributed by atoms with Crippen molar-refractivity contribution in [3.63, 3.8) is 0 Å². The van der Waals surface area contributed by atoms with Gasteiger partial charge in [-0.1, -0.05) is 34.8 Å². The van der Waals surface area contributed by atoms with Gasteiger partial charge in [-0.2, -0.15) is 13.2 Å². The lowest BCUT2D eigenvalue weighted by atomic mass is 9.96. The maximum absolute atomic E-state index is 13.5. The van der Waals surface area contributed by atoms with Gasteiger partial charge in [-0.25, -0.2) is 8.42 Å². The Morgan fingerprint density at radius 3 is 2.34 bits per heavy atom. The molecule has 1 fully saturated rings. The molecule has 0 amide bonds. The summed E-state index contributed by atoms with van der Waals surface area (Å²) in [4.78, 5) is 1.81. The van der Waals surface area contributed by atoms with Gasteiger partial charge in [-0.15, -0.1) is 0 Å². The summed E-state index contributed by atoms with van der Waals surface area (Å²) in [5.74, 6) is 0.463. The molecule has 2 aromatic rings. The van der Waals surface area contributed by atoms with Crippen molar-refractivity contribution in [1.29, 1.82) is 0 Å². The first-order chi connectivity index (χ1) is 14.9. The highest BCUT2D eigenvalue weighted by atomic mass is 35.5. The molecule has 0 aliphatic carbocycles. The Labute approximate surface area is 200 Å². The SMILES string of the molecule is CN1CC[C@@H](CCCc2cc(NS(=O)(=O)c3c(Cl)cc(Cl)cc3Cl)ccc2C(F)(F)F)C1. The molecule has 1 atom stereocenters. The van der Waals surface area contributed by atoms with E-state index in [1.807, 2.05) is 7.05 Å². The minimum Gasteiger partial charge on any atom is -0.306 e. The Kier molecular flexibility index (Phi) is 7.93. The molecule has 0 saturated carbocycles. The van der Waals surface area contributed by atoms with Gasteiger partial charge in [0.05, 0.1) is 15.6 Å². The van der Waals surface area contributed by atoms with E-state index in [-0.39, 0.29) is 32.7 Å². The van der Waals surface area contributed by atoms with Gasteiger partial charge >= 0.3 is 6.18 Å². The zero-order valence-electron chi connectivity index (χ0n) is 17.1. The van der Waals surface area contributed by atoms with Crippen LogP contribution < -0.4 is 4.72 Å². The van der Waals surface area contributed by atoms with Crippen molar-refractivity contribution in [2.45, 2.75) is 36.8 Å². The number of likely N-dealkylation sites (tertiary alicyclic amines) is 1. The number of halogens is 6. The molecule has 176 valence electrons. The summed E-state index contributed by atoms with van der Waals surface area (Å²) in [7, 11) is -2.23. The first-order valence-corrected chi connectivity index (χ1v) is 12.5. The molecule has 1 aliphatic rings. The normalized spacial score (nSPS) is 17.7. The van der Waals surface area contributed by atoms with E-state index in [2.05, 4.69) is 9.62 Å². The second-order valence-electron chi connectivity index (χ2n) is 7.98. The number of benzene rings is 2. The van der Waals surface area contributed by atoms with E-state index in [1.54, 1.807) is 0 Å². The minimum atomic E-state index is -4.54. The fourth-order valence-electron chi connectivity index (χ4n) is 3.98. The van der Waals surface area contributed by atoms with E-state index >= 15 is 0 Å². The lowest BCUT2D eigenvalue weighted by molar-refractivity contribution is -0.138. The zero-order chi connectivity index (χ0) is 23.7. The standard InChI is InChI=1S/C21H22Cl3F3N2O2S/c1-29-8-7-13(12-29)3-2-4-14-9-16(5-6-17(14)21(25,26)27)28-32(30,31)20-18(23)10-15(22)11-19(20)24/h5-6,9-11,13,28H,2-4,7-8,12H2,1H3/t13-/m1/s1. The summed E-state index contributed by atoms with van der Waals surface area (Å²) in [6.07, 6.45) is -1.93. The van der Waals surface area contributed by atoms with Gasteiger partial charge < -0.3 is 4.90 Å². The Balaban J connectivity index is 1.83. The summed E-state index contributed by atoms with van der Waals surface area (Å²) >= 11 is 17.8. The maximum atomic E-state index is 13.5. The fourth-order valence-corrected chi connectivity index (χ4v) is 6.57. The van der Waals surface area contributed by atoms with Gasteiger partial charge in [-0.3, -0.25) is 4.72 Å². The van der Waals surface area contributed by atoms with Crippen molar-refractivity contribution in [3.05, 3.63) is 56.5 Å². The summed E-state index contributed by atoms with van der Waals surface area (Å²) < 4.78 is 68.5. The number of hydrogen-bond acceptors (Lipinski definition) is 3. The molecule has 0 radical (unpaired) electrons. The third-order valence-electron chi connectivity index (χ3n) is 5.44. The van der Waals surface area contributed by atoms with Crippen molar-refractivity contribution in [2.24, 2.45) is 5.92 Å². The highest BCUT2D eigenvalue weighted by Gasteiger charge is 2.33. The molecule has 0 aromatic heterocycles. The maximum Gasteiger partial charge on any atom is 0.416 e. The van der Waals surface area contributed by atoms with Crippen LogP contribution in [0.15, 0.2) is 35.2 Å².